The molecule has 0 saturated carbocycles. The van der Waals surface area contributed by atoms with E-state index in [0.717, 1.165) is 9.13 Å². The first-order chi connectivity index (χ1) is 9.86. The molecule has 0 aromatic heterocycles. The fourth-order valence-corrected chi connectivity index (χ4v) is 2.56. The fraction of sp³-hybridized carbons (Fsp3) is 0.0714. The van der Waals surface area contributed by atoms with Gasteiger partial charge < -0.3 is 5.32 Å². The molecule has 0 aliphatic carbocycles. The van der Waals surface area contributed by atoms with Gasteiger partial charge in [-0.2, -0.15) is 0 Å². The number of carbonyl (C=O) groups is 1. The number of primary sulfonamides is 1. The Kier molecular flexibility index (Phi) is 4.96. The lowest BCUT2D eigenvalue weighted by Crippen LogP contribution is -2.22. The van der Waals surface area contributed by atoms with E-state index in [4.69, 9.17) is 5.14 Å². The topological polar surface area (TPSA) is 89.3 Å². The third-order valence-electron chi connectivity index (χ3n) is 2.81. The number of hydrogen-bond donors (Lipinski definition) is 2. The monoisotopic (exact) mass is 416 g/mol. The molecule has 0 bridgehead atoms. The summed E-state index contributed by atoms with van der Waals surface area (Å²) in [5.74, 6) is -0.179. The van der Waals surface area contributed by atoms with Gasteiger partial charge in [0.1, 0.15) is 0 Å². The van der Waals surface area contributed by atoms with E-state index in [1.54, 1.807) is 24.3 Å². The summed E-state index contributed by atoms with van der Waals surface area (Å²) in [6, 6.07) is 13.3. The summed E-state index contributed by atoms with van der Waals surface area (Å²) in [5, 5.41) is 7.79. The van der Waals surface area contributed by atoms with Gasteiger partial charge in [-0.3, -0.25) is 4.79 Å². The number of hydrogen-bond acceptors (Lipinski definition) is 3. The van der Waals surface area contributed by atoms with Crippen LogP contribution in [0.4, 0.5) is 0 Å². The molecule has 21 heavy (non-hydrogen) atoms. The molecule has 0 atom stereocenters. The van der Waals surface area contributed by atoms with Crippen LogP contribution >= 0.6 is 22.6 Å². The predicted molar refractivity (Wildman–Crippen MR) is 88.1 cm³/mol. The molecule has 0 fully saturated rings. The van der Waals surface area contributed by atoms with Crippen LogP contribution in [0, 0.1) is 3.57 Å². The molecule has 0 saturated heterocycles. The van der Waals surface area contributed by atoms with Crippen LogP contribution in [0.1, 0.15) is 15.9 Å². The van der Waals surface area contributed by atoms with Crippen LogP contribution in [0.25, 0.3) is 0 Å². The molecule has 2 aromatic rings. The van der Waals surface area contributed by atoms with Crippen molar-refractivity contribution in [3.63, 3.8) is 0 Å². The van der Waals surface area contributed by atoms with Crippen LogP contribution in [0.3, 0.4) is 0 Å². The van der Waals surface area contributed by atoms with Gasteiger partial charge in [-0.25, -0.2) is 13.6 Å². The number of sulfonamides is 1. The second-order valence-electron chi connectivity index (χ2n) is 4.38. The van der Waals surface area contributed by atoms with Gasteiger partial charge in [-0.05, 0) is 64.6 Å². The lowest BCUT2D eigenvalue weighted by Gasteiger charge is -2.06. The molecule has 3 N–H and O–H groups in total. The molecule has 7 heteroatoms. The van der Waals surface area contributed by atoms with Gasteiger partial charge in [-0.1, -0.05) is 12.1 Å². The van der Waals surface area contributed by atoms with Crippen LogP contribution in [0.2, 0.25) is 0 Å². The first-order valence-corrected chi connectivity index (χ1v) is 8.64. The molecule has 2 aromatic carbocycles. The Bertz CT molecular complexity index is 741. The molecule has 0 aliphatic heterocycles. The number of rotatable bonds is 4. The number of nitrogens with two attached hydrogens (primary N) is 1. The Morgan fingerprint density at radius 3 is 2.14 bits per heavy atom. The summed E-state index contributed by atoms with van der Waals surface area (Å²) in [7, 11) is -3.69. The maximum Gasteiger partial charge on any atom is 0.251 e. The zero-order valence-corrected chi connectivity index (χ0v) is 13.9. The van der Waals surface area contributed by atoms with E-state index in [2.05, 4.69) is 27.9 Å². The Morgan fingerprint density at radius 2 is 1.62 bits per heavy atom. The summed E-state index contributed by atoms with van der Waals surface area (Å²) >= 11 is 2.17. The normalized spacial score (nSPS) is 11.1. The highest BCUT2D eigenvalue weighted by molar-refractivity contribution is 14.1. The Morgan fingerprint density at radius 1 is 1.05 bits per heavy atom. The van der Waals surface area contributed by atoms with Gasteiger partial charge in [-0.15, -0.1) is 0 Å². The first-order valence-electron chi connectivity index (χ1n) is 6.02. The van der Waals surface area contributed by atoms with E-state index in [9.17, 15) is 13.2 Å². The number of amides is 1. The van der Waals surface area contributed by atoms with E-state index >= 15 is 0 Å². The molecule has 0 heterocycles. The van der Waals surface area contributed by atoms with Gasteiger partial charge >= 0.3 is 0 Å². The van der Waals surface area contributed by atoms with Crippen molar-refractivity contribution in [1.82, 2.24) is 5.32 Å². The molecule has 2 rings (SSSR count). The minimum absolute atomic E-state index is 0.0511. The van der Waals surface area contributed by atoms with Gasteiger partial charge in [0.15, 0.2) is 0 Å². The van der Waals surface area contributed by atoms with Gasteiger partial charge in [0.2, 0.25) is 10.0 Å². The minimum atomic E-state index is -3.69. The van der Waals surface area contributed by atoms with E-state index in [-0.39, 0.29) is 10.8 Å². The first kappa shape index (κ1) is 15.9. The Hall–Kier alpha value is -1.45. The average molecular weight is 416 g/mol. The Labute approximate surface area is 136 Å². The van der Waals surface area contributed by atoms with Crippen LogP contribution in [-0.2, 0) is 16.6 Å². The SMILES string of the molecule is NS(=O)(=O)c1ccc(CNC(=O)c2ccc(I)cc2)cc1. The smallest absolute Gasteiger partial charge is 0.251 e. The van der Waals surface area contributed by atoms with E-state index in [0.29, 0.717) is 12.1 Å². The van der Waals surface area contributed by atoms with E-state index in [1.807, 2.05) is 12.1 Å². The lowest BCUT2D eigenvalue weighted by atomic mass is 10.2. The highest BCUT2D eigenvalue weighted by Gasteiger charge is 2.08. The van der Waals surface area contributed by atoms with E-state index in [1.165, 1.54) is 12.1 Å². The summed E-state index contributed by atoms with van der Waals surface area (Å²) in [6.07, 6.45) is 0. The maximum atomic E-state index is 11.9. The number of nitrogens with one attached hydrogen (secondary N) is 1. The van der Waals surface area contributed by atoms with Crippen LogP contribution in [0.15, 0.2) is 53.4 Å². The van der Waals surface area contributed by atoms with Gasteiger partial charge in [0.25, 0.3) is 5.91 Å². The van der Waals surface area contributed by atoms with Crippen molar-refractivity contribution >= 4 is 38.5 Å². The van der Waals surface area contributed by atoms with Crippen LogP contribution in [-0.4, -0.2) is 14.3 Å². The number of halogens is 1. The maximum absolute atomic E-state index is 11.9. The molecule has 5 nitrogen and oxygen atoms in total. The molecule has 0 spiro atoms. The summed E-state index contributed by atoms with van der Waals surface area (Å²) in [5.41, 5.74) is 1.37. The summed E-state index contributed by atoms with van der Waals surface area (Å²) in [6.45, 7) is 0.315. The number of carbonyl (C=O) groups excluding carboxylic acids is 1. The third kappa shape index (κ3) is 4.51. The minimum Gasteiger partial charge on any atom is -0.348 e. The standard InChI is InChI=1S/C14H13IN2O3S/c15-12-5-3-11(4-6-12)14(18)17-9-10-1-7-13(8-2-10)21(16,19)20/h1-8H,9H2,(H,17,18)(H2,16,19,20). The van der Waals surface area contributed by atoms with Crippen molar-refractivity contribution in [2.75, 3.05) is 0 Å². The number of benzene rings is 2. The average Bonchev–Trinajstić information content (AvgIpc) is 2.45. The Balaban J connectivity index is 2.00. The predicted octanol–water partition coefficient (Wildman–Crippen LogP) is 1.87. The summed E-state index contributed by atoms with van der Waals surface area (Å²) in [4.78, 5) is 12.0. The van der Waals surface area contributed by atoms with Crippen molar-refractivity contribution in [3.8, 4) is 0 Å². The largest absolute Gasteiger partial charge is 0.348 e. The molecular weight excluding hydrogens is 403 g/mol. The van der Waals surface area contributed by atoms with Gasteiger partial charge in [0.05, 0.1) is 4.90 Å². The molecule has 0 unspecified atom stereocenters. The zero-order valence-electron chi connectivity index (χ0n) is 10.9. The van der Waals surface area contributed by atoms with Crippen LogP contribution in [0.5, 0.6) is 0 Å². The molecule has 0 aliphatic rings. The lowest BCUT2D eigenvalue weighted by molar-refractivity contribution is 0.0951. The highest BCUT2D eigenvalue weighted by atomic mass is 127. The molecular formula is C14H13IN2O3S. The van der Waals surface area contributed by atoms with Crippen LogP contribution < -0.4 is 10.5 Å². The van der Waals surface area contributed by atoms with Gasteiger partial charge in [0, 0.05) is 15.7 Å². The molecule has 1 amide bonds. The molecule has 0 radical (unpaired) electrons. The second kappa shape index (κ2) is 6.54. The quantitative estimate of drug-likeness (QED) is 0.746. The highest BCUT2D eigenvalue weighted by Crippen LogP contribution is 2.10. The van der Waals surface area contributed by atoms with Crippen molar-refractivity contribution in [2.45, 2.75) is 11.4 Å². The van der Waals surface area contributed by atoms with Crippen molar-refractivity contribution < 1.29 is 13.2 Å². The third-order valence-corrected chi connectivity index (χ3v) is 4.46. The van der Waals surface area contributed by atoms with Crippen molar-refractivity contribution in [3.05, 3.63) is 63.2 Å². The van der Waals surface area contributed by atoms with E-state index < -0.39 is 10.0 Å². The zero-order chi connectivity index (χ0) is 15.5. The fourth-order valence-electron chi connectivity index (χ4n) is 1.68. The van der Waals surface area contributed by atoms with Crippen molar-refractivity contribution in [2.24, 2.45) is 5.14 Å². The molecule has 110 valence electrons. The summed E-state index contributed by atoms with van der Waals surface area (Å²) < 4.78 is 23.3. The second-order valence-corrected chi connectivity index (χ2v) is 7.19. The van der Waals surface area contributed by atoms with Crippen molar-refractivity contribution in [1.29, 1.82) is 0 Å².